The Balaban J connectivity index is 2.32. The molecule has 0 N–H and O–H groups in total. The molecule has 0 aromatic carbocycles. The molecule has 0 aliphatic heterocycles. The maximum absolute atomic E-state index is 12.1. The number of aldehydes is 1. The van der Waals surface area contributed by atoms with E-state index in [2.05, 4.69) is 15.3 Å². The zero-order valence-corrected chi connectivity index (χ0v) is 8.19. The van der Waals surface area contributed by atoms with Crippen molar-refractivity contribution in [3.8, 4) is 11.3 Å². The van der Waals surface area contributed by atoms with Crippen LogP contribution in [0.3, 0.4) is 0 Å². The first kappa shape index (κ1) is 9.78. The lowest BCUT2D eigenvalue weighted by atomic mass is 10.2. The Kier molecular flexibility index (Phi) is 2.72. The van der Waals surface area contributed by atoms with Gasteiger partial charge >= 0.3 is 0 Å². The molecule has 0 unspecified atom stereocenters. The molecule has 2 rings (SSSR count). The Morgan fingerprint density at radius 1 is 1.40 bits per heavy atom. The van der Waals surface area contributed by atoms with Gasteiger partial charge in [0.05, 0.1) is 11.9 Å². The van der Waals surface area contributed by atoms with Crippen LogP contribution in [0.5, 0.6) is 0 Å². The second-order valence-electron chi connectivity index (χ2n) is 2.66. The number of nitrogens with zero attached hydrogens (tertiary/aromatic N) is 4. The highest BCUT2D eigenvalue weighted by atomic mass is 32.2. The van der Waals surface area contributed by atoms with E-state index in [-0.39, 0.29) is 18.0 Å². The normalized spacial score (nSPS) is 10.2. The van der Waals surface area contributed by atoms with Crippen molar-refractivity contribution in [1.82, 2.24) is 19.4 Å². The molecule has 0 aliphatic rings. The molecule has 76 valence electrons. The van der Waals surface area contributed by atoms with Crippen LogP contribution in [0.1, 0.15) is 10.5 Å². The van der Waals surface area contributed by atoms with E-state index < -0.39 is 0 Å². The fraction of sp³-hybridized carbons (Fsp3) is 0. The van der Waals surface area contributed by atoms with Gasteiger partial charge in [0.1, 0.15) is 5.69 Å². The van der Waals surface area contributed by atoms with Gasteiger partial charge in [0.25, 0.3) is 0 Å². The summed E-state index contributed by atoms with van der Waals surface area (Å²) >= 11 is -0.00685. The van der Waals surface area contributed by atoms with E-state index in [9.17, 15) is 8.68 Å². The summed E-state index contributed by atoms with van der Waals surface area (Å²) in [6, 6.07) is 3.16. The Morgan fingerprint density at radius 3 is 2.80 bits per heavy atom. The molecule has 15 heavy (non-hydrogen) atoms. The number of hydrogen-bond acceptors (Lipinski definition) is 5. The van der Waals surface area contributed by atoms with E-state index in [1.807, 2.05) is 0 Å². The lowest BCUT2D eigenvalue weighted by Gasteiger charge is -1.93. The standard InChI is InChI=1S/C8H5FN4OS/c9-15-13-4-6(3-10-13)8-2-1-7(5-14)11-12-8/h1-5H. The molecular weight excluding hydrogens is 219 g/mol. The fourth-order valence-corrected chi connectivity index (χ4v) is 1.27. The summed E-state index contributed by atoms with van der Waals surface area (Å²) in [5.74, 6) is 0. The van der Waals surface area contributed by atoms with Gasteiger partial charge in [-0.2, -0.15) is 9.19 Å². The van der Waals surface area contributed by atoms with Crippen LogP contribution in [0.25, 0.3) is 11.3 Å². The van der Waals surface area contributed by atoms with Crippen LogP contribution in [0.15, 0.2) is 24.5 Å². The summed E-state index contributed by atoms with van der Waals surface area (Å²) in [5.41, 5.74) is 1.44. The predicted molar refractivity (Wildman–Crippen MR) is 52.7 cm³/mol. The van der Waals surface area contributed by atoms with Crippen LogP contribution in [-0.2, 0) is 0 Å². The molecule has 2 aromatic rings. The highest BCUT2D eigenvalue weighted by molar-refractivity contribution is 7.92. The van der Waals surface area contributed by atoms with Crippen LogP contribution in [0.4, 0.5) is 3.89 Å². The van der Waals surface area contributed by atoms with Crippen LogP contribution >= 0.6 is 12.3 Å². The van der Waals surface area contributed by atoms with E-state index in [4.69, 9.17) is 0 Å². The van der Waals surface area contributed by atoms with Gasteiger partial charge in [0, 0.05) is 11.8 Å². The summed E-state index contributed by atoms with van der Waals surface area (Å²) in [6.45, 7) is 0. The Bertz CT molecular complexity index is 470. The third-order valence-electron chi connectivity index (χ3n) is 1.73. The van der Waals surface area contributed by atoms with Crippen molar-refractivity contribution in [3.63, 3.8) is 0 Å². The van der Waals surface area contributed by atoms with Crippen molar-refractivity contribution in [1.29, 1.82) is 0 Å². The molecule has 0 atom stereocenters. The first-order chi connectivity index (χ1) is 7.33. The molecule has 0 saturated carbocycles. The molecule has 0 saturated heterocycles. The van der Waals surface area contributed by atoms with Crippen LogP contribution in [0, 0.1) is 0 Å². The van der Waals surface area contributed by atoms with Crippen LogP contribution in [-0.4, -0.2) is 25.7 Å². The zero-order valence-electron chi connectivity index (χ0n) is 7.37. The van der Waals surface area contributed by atoms with Gasteiger partial charge in [-0.15, -0.1) is 14.1 Å². The van der Waals surface area contributed by atoms with Crippen molar-refractivity contribution in [2.45, 2.75) is 0 Å². The smallest absolute Gasteiger partial charge is 0.187 e. The Morgan fingerprint density at radius 2 is 2.27 bits per heavy atom. The average molecular weight is 224 g/mol. The minimum atomic E-state index is -0.00685. The number of hydrogen-bond donors (Lipinski definition) is 0. The molecule has 2 heterocycles. The molecule has 5 nitrogen and oxygen atoms in total. The molecule has 0 radical (unpaired) electrons. The molecule has 0 spiro atoms. The first-order valence-electron chi connectivity index (χ1n) is 3.96. The molecule has 0 bridgehead atoms. The largest absolute Gasteiger partial charge is 0.296 e. The summed E-state index contributed by atoms with van der Waals surface area (Å²) in [6.07, 6.45) is 3.56. The zero-order chi connectivity index (χ0) is 10.7. The maximum Gasteiger partial charge on any atom is 0.187 e. The van der Waals surface area contributed by atoms with Crippen molar-refractivity contribution in [2.24, 2.45) is 0 Å². The van der Waals surface area contributed by atoms with Gasteiger partial charge in [-0.3, -0.25) is 4.79 Å². The minimum Gasteiger partial charge on any atom is -0.296 e. The molecule has 2 aromatic heterocycles. The van der Waals surface area contributed by atoms with Crippen molar-refractivity contribution >= 4 is 18.6 Å². The first-order valence-corrected chi connectivity index (χ1v) is 4.64. The molecular formula is C8H5FN4OS. The summed E-state index contributed by atoms with van der Waals surface area (Å²) < 4.78 is 13.2. The lowest BCUT2D eigenvalue weighted by molar-refractivity contribution is 0.111. The van der Waals surface area contributed by atoms with E-state index >= 15 is 0 Å². The highest BCUT2D eigenvalue weighted by Gasteiger charge is 2.04. The summed E-state index contributed by atoms with van der Waals surface area (Å²) in [4.78, 5) is 10.3. The molecule has 7 heteroatoms. The maximum atomic E-state index is 12.1. The van der Waals surface area contributed by atoms with Gasteiger partial charge in [-0.1, -0.05) is 0 Å². The number of carbonyl (C=O) groups is 1. The lowest BCUT2D eigenvalue weighted by Crippen LogP contribution is -1.91. The van der Waals surface area contributed by atoms with Crippen molar-refractivity contribution in [3.05, 3.63) is 30.2 Å². The van der Waals surface area contributed by atoms with Crippen LogP contribution in [0.2, 0.25) is 0 Å². The van der Waals surface area contributed by atoms with Crippen molar-refractivity contribution < 1.29 is 8.68 Å². The monoisotopic (exact) mass is 224 g/mol. The van der Waals surface area contributed by atoms with Gasteiger partial charge in [0.15, 0.2) is 18.6 Å². The predicted octanol–water partition coefficient (Wildman–Crippen LogP) is 1.53. The number of halogens is 1. The third kappa shape index (κ3) is 2.01. The molecule has 0 fully saturated rings. The van der Waals surface area contributed by atoms with Gasteiger partial charge < -0.3 is 0 Å². The van der Waals surface area contributed by atoms with E-state index in [0.29, 0.717) is 17.5 Å². The van der Waals surface area contributed by atoms with Crippen LogP contribution < -0.4 is 0 Å². The SMILES string of the molecule is O=Cc1ccc(-c2cnn(SF)c2)nn1. The van der Waals surface area contributed by atoms with Gasteiger partial charge in [-0.05, 0) is 12.1 Å². The number of carbonyl (C=O) groups excluding carboxylic acids is 1. The molecule has 0 amide bonds. The number of rotatable bonds is 3. The van der Waals surface area contributed by atoms with E-state index in [1.54, 1.807) is 6.07 Å². The number of aromatic nitrogens is 4. The second-order valence-corrected chi connectivity index (χ2v) is 3.17. The topological polar surface area (TPSA) is 60.7 Å². The van der Waals surface area contributed by atoms with Gasteiger partial charge in [0.2, 0.25) is 0 Å². The Hall–Kier alpha value is -1.76. The van der Waals surface area contributed by atoms with E-state index in [0.717, 1.165) is 4.09 Å². The molecule has 0 aliphatic carbocycles. The summed E-state index contributed by atoms with van der Waals surface area (Å²) in [7, 11) is 0. The van der Waals surface area contributed by atoms with E-state index in [1.165, 1.54) is 18.5 Å². The van der Waals surface area contributed by atoms with Gasteiger partial charge in [-0.25, -0.2) is 0 Å². The minimum absolute atomic E-state index is 0.00685. The van der Waals surface area contributed by atoms with Crippen molar-refractivity contribution in [2.75, 3.05) is 0 Å². The Labute approximate surface area is 88.7 Å². The third-order valence-corrected chi connectivity index (χ3v) is 2.07. The summed E-state index contributed by atoms with van der Waals surface area (Å²) in [5, 5.41) is 11.2. The highest BCUT2D eigenvalue weighted by Crippen LogP contribution is 2.17. The quantitative estimate of drug-likeness (QED) is 0.740. The second kappa shape index (κ2) is 4.18. The fourth-order valence-electron chi connectivity index (χ4n) is 1.03. The average Bonchev–Trinajstić information content (AvgIpc) is 2.78.